The SMILES string of the molecule is CCC/C=C\C(=O)O[C@H]1CC(C)(C)C[C@H]2C3=CC[C@@H]4[C@@]5(C)CC[C@H](O[C@@H]6O[C@H](C(=O)O)[C@@H](O)[C@H](O[C@@H]7O[C@H](CO)[C@H](O)[C@H](O)[C@H]7O[C@@H]7O[C@@H](C)[C@H](O)[C@@H](O)[C@@H]7O[C@@H]7O[C@@H](C)[C@H](O)[C@@H](O)[C@H]7O)[C@H]6O[C@@H]6O[C@H](CO)[C@@H](O)[C@H](O)[C@H]6O)C(C)(C)[C@@H]5CC[C@@]4(C)[C@]3(C)C[C@@H](O)[C@@]12CO. The molecule has 0 bridgehead atoms. The minimum Gasteiger partial charge on any atom is -0.479 e. The average molecular weight is 1360 g/mol. The van der Waals surface area contributed by atoms with Crippen LogP contribution < -0.4 is 0 Å². The Hall–Kier alpha value is -2.58. The molecule has 0 spiro atoms. The third kappa shape index (κ3) is 13.1. The predicted molar refractivity (Wildman–Crippen MR) is 324 cm³/mol. The molecule has 29 heteroatoms. The van der Waals surface area contributed by atoms with Gasteiger partial charge in [0.2, 0.25) is 0 Å². The molecule has 10 aliphatic rings. The molecule has 9 fully saturated rings. The molecule has 0 aromatic carbocycles. The molecular formula is C66H106O29. The first-order valence-corrected chi connectivity index (χ1v) is 33.9. The summed E-state index contributed by atoms with van der Waals surface area (Å²) in [5, 5.41) is 180. The van der Waals surface area contributed by atoms with Gasteiger partial charge >= 0.3 is 11.9 Å². The van der Waals surface area contributed by atoms with Crippen molar-refractivity contribution in [2.75, 3.05) is 19.8 Å². The standard InChI is InChI=1S/C66H106O29/c1-11-12-13-14-38(71)89-37-23-61(4,5)21-30-29-15-16-34-63(8)19-18-36(62(6,7)33(63)17-20-64(34,9)65(29,10)22-35(70)66(30,37)26-69)90-60-54(95-57-48(81)44(77)41(74)31(24-67)87-57)50(49(82)51(92-60)55(83)84)91-59-53(46(79)42(75)32(25-68)88-59)94-58-52(45(78)40(73)28(3)86-58)93-56-47(80)43(76)39(72)27(2)85-56/h13-15,27-28,30-37,39-54,56-60,67-70,72-82H,11-12,16-26H2,1-10H3,(H,83,84)/b14-13-/t27-,28-,30-,31+,32+,33-,34+,35+,36-,37-,39-,40-,41+,42-,43+,44-,45+,46-,47+,48+,49-,50-,51-,52-,53+,54+,56-,57-,58-,59-,60+,63-,64+,65+,66-/m0/s1. The highest BCUT2D eigenvalue weighted by molar-refractivity contribution is 5.82. The second kappa shape index (κ2) is 28.3. The number of ether oxygens (including phenoxy) is 11. The second-order valence-electron chi connectivity index (χ2n) is 30.9. The topological polar surface area (TPSA) is 459 Å². The number of carbonyl (C=O) groups is 2. The number of hydrogen-bond donors (Lipinski definition) is 16. The minimum atomic E-state index is -2.34. The molecule has 4 saturated carbocycles. The van der Waals surface area contributed by atoms with Crippen molar-refractivity contribution in [3.05, 3.63) is 23.8 Å². The minimum absolute atomic E-state index is 0.0143. The van der Waals surface area contributed by atoms with Crippen LogP contribution in [0.2, 0.25) is 0 Å². The van der Waals surface area contributed by atoms with Gasteiger partial charge in [-0.1, -0.05) is 79.5 Å². The third-order valence-corrected chi connectivity index (χ3v) is 24.5. The van der Waals surface area contributed by atoms with Crippen LogP contribution in [0.3, 0.4) is 0 Å². The Bertz CT molecular complexity index is 2720. The van der Waals surface area contributed by atoms with Crippen LogP contribution in [0, 0.1) is 50.2 Å². The van der Waals surface area contributed by atoms with E-state index in [-0.39, 0.29) is 29.8 Å². The van der Waals surface area contributed by atoms with Gasteiger partial charge in [0.1, 0.15) is 110 Å². The Labute approximate surface area is 552 Å². The van der Waals surface area contributed by atoms with Crippen LogP contribution in [0.5, 0.6) is 0 Å². The number of aliphatic hydroxyl groups is 15. The van der Waals surface area contributed by atoms with Crippen LogP contribution in [0.1, 0.15) is 133 Å². The summed E-state index contributed by atoms with van der Waals surface area (Å²) in [6.07, 6.45) is -39.0. The van der Waals surface area contributed by atoms with Crippen LogP contribution in [-0.2, 0) is 61.7 Å². The highest BCUT2D eigenvalue weighted by Crippen LogP contribution is 2.76. The number of aliphatic carboxylic acids is 1. The fourth-order valence-corrected chi connectivity index (χ4v) is 18.9. The van der Waals surface area contributed by atoms with Gasteiger partial charge in [-0.2, -0.15) is 0 Å². The largest absolute Gasteiger partial charge is 0.479 e. The fourth-order valence-electron chi connectivity index (χ4n) is 18.9. The Morgan fingerprint density at radius 2 is 1.08 bits per heavy atom. The molecule has 544 valence electrons. The summed E-state index contributed by atoms with van der Waals surface area (Å²) in [5.74, 6) is -2.70. The molecule has 0 aromatic heterocycles. The molecule has 16 N–H and O–H groups in total. The number of carboxylic acids is 1. The Morgan fingerprint density at radius 1 is 0.558 bits per heavy atom. The lowest BCUT2D eigenvalue weighted by Crippen LogP contribution is -2.70. The molecule has 5 heterocycles. The van der Waals surface area contributed by atoms with Gasteiger partial charge in [0.05, 0.1) is 49.7 Å². The smallest absolute Gasteiger partial charge is 0.335 e. The van der Waals surface area contributed by atoms with Crippen LogP contribution >= 0.6 is 0 Å². The van der Waals surface area contributed by atoms with Gasteiger partial charge in [0.25, 0.3) is 0 Å². The summed E-state index contributed by atoms with van der Waals surface area (Å²) in [6.45, 7) is 17.5. The molecule has 0 amide bonds. The zero-order valence-electron chi connectivity index (χ0n) is 55.8. The zero-order chi connectivity index (χ0) is 69.7. The number of carboxylic acid groups (broad SMARTS) is 1. The molecular weight excluding hydrogens is 1260 g/mol. The molecule has 95 heavy (non-hydrogen) atoms. The van der Waals surface area contributed by atoms with E-state index in [0.29, 0.717) is 57.8 Å². The van der Waals surface area contributed by atoms with E-state index in [4.69, 9.17) is 52.1 Å². The van der Waals surface area contributed by atoms with Gasteiger partial charge in [0, 0.05) is 6.08 Å². The van der Waals surface area contributed by atoms with E-state index in [1.807, 2.05) is 20.8 Å². The number of allylic oxidation sites excluding steroid dienone is 3. The number of unbranched alkanes of at least 4 members (excludes halogenated alkanes) is 1. The van der Waals surface area contributed by atoms with Crippen molar-refractivity contribution in [3.63, 3.8) is 0 Å². The third-order valence-electron chi connectivity index (χ3n) is 24.5. The van der Waals surface area contributed by atoms with E-state index in [9.17, 15) is 91.3 Å². The van der Waals surface area contributed by atoms with Crippen molar-refractivity contribution < 1.29 is 143 Å². The van der Waals surface area contributed by atoms with E-state index < -0.39 is 224 Å². The quantitative estimate of drug-likeness (QED) is 0.0313. The lowest BCUT2D eigenvalue weighted by molar-refractivity contribution is -0.412. The van der Waals surface area contributed by atoms with Gasteiger partial charge in [0.15, 0.2) is 37.6 Å². The highest BCUT2D eigenvalue weighted by Gasteiger charge is 2.72. The average Bonchev–Trinajstić information content (AvgIpc) is 0.671. The van der Waals surface area contributed by atoms with Crippen molar-refractivity contribution in [1.29, 1.82) is 0 Å². The number of hydrogen-bond acceptors (Lipinski definition) is 28. The van der Waals surface area contributed by atoms with Crippen molar-refractivity contribution in [3.8, 4) is 0 Å². The summed E-state index contributed by atoms with van der Waals surface area (Å²) in [6, 6.07) is 0. The molecule has 10 rings (SSSR count). The Kier molecular flexibility index (Phi) is 22.4. The molecule has 5 aliphatic carbocycles. The number of esters is 1. The first kappa shape index (κ1) is 75.1. The molecule has 0 radical (unpaired) electrons. The number of carbonyl (C=O) groups excluding carboxylic acids is 1. The van der Waals surface area contributed by atoms with E-state index in [1.165, 1.54) is 19.9 Å². The first-order valence-electron chi connectivity index (χ1n) is 33.9. The molecule has 29 nitrogen and oxygen atoms in total. The lowest BCUT2D eigenvalue weighted by Gasteiger charge is -2.72. The van der Waals surface area contributed by atoms with E-state index in [2.05, 4.69) is 40.7 Å². The molecule has 0 aromatic rings. The molecule has 35 atom stereocenters. The maximum Gasteiger partial charge on any atom is 0.335 e. The van der Waals surface area contributed by atoms with E-state index in [0.717, 1.165) is 12.0 Å². The fraction of sp³-hybridized carbons (Fsp3) is 0.909. The molecule has 5 saturated heterocycles. The monoisotopic (exact) mass is 1360 g/mol. The summed E-state index contributed by atoms with van der Waals surface area (Å²) in [7, 11) is 0. The van der Waals surface area contributed by atoms with Crippen LogP contribution in [0.25, 0.3) is 0 Å². The van der Waals surface area contributed by atoms with Crippen molar-refractivity contribution in [1.82, 2.24) is 0 Å². The van der Waals surface area contributed by atoms with E-state index in [1.54, 1.807) is 6.08 Å². The number of rotatable bonds is 18. The summed E-state index contributed by atoms with van der Waals surface area (Å²) in [5.41, 5.74) is -2.58. The van der Waals surface area contributed by atoms with Crippen molar-refractivity contribution >= 4 is 11.9 Å². The van der Waals surface area contributed by atoms with Crippen LogP contribution in [0.4, 0.5) is 0 Å². The summed E-state index contributed by atoms with van der Waals surface area (Å²) >= 11 is 0. The van der Waals surface area contributed by atoms with Gasteiger partial charge in [-0.05, 0) is 116 Å². The van der Waals surface area contributed by atoms with Crippen molar-refractivity contribution in [2.24, 2.45) is 50.2 Å². The first-order chi connectivity index (χ1) is 44.5. The predicted octanol–water partition coefficient (Wildman–Crippen LogP) is -1.74. The van der Waals surface area contributed by atoms with Gasteiger partial charge < -0.3 is 134 Å². The maximum atomic E-state index is 13.4. The highest BCUT2D eigenvalue weighted by atomic mass is 16.8. The van der Waals surface area contributed by atoms with Crippen LogP contribution in [-0.4, -0.2) is 285 Å². The van der Waals surface area contributed by atoms with Gasteiger partial charge in [-0.15, -0.1) is 0 Å². The number of fused-ring (bicyclic) bond motifs is 7. The van der Waals surface area contributed by atoms with Gasteiger partial charge in [-0.25, -0.2) is 9.59 Å². The van der Waals surface area contributed by atoms with Crippen LogP contribution in [0.15, 0.2) is 23.8 Å². The maximum absolute atomic E-state index is 13.4. The molecule has 0 unspecified atom stereocenters. The lowest BCUT2D eigenvalue weighted by atomic mass is 9.33. The number of aliphatic hydroxyl groups excluding tert-OH is 15. The summed E-state index contributed by atoms with van der Waals surface area (Å²) < 4.78 is 68.1. The second-order valence-corrected chi connectivity index (χ2v) is 30.9. The summed E-state index contributed by atoms with van der Waals surface area (Å²) in [4.78, 5) is 26.8. The van der Waals surface area contributed by atoms with Crippen molar-refractivity contribution in [2.45, 2.75) is 305 Å². The van der Waals surface area contributed by atoms with E-state index >= 15 is 0 Å². The molecule has 5 aliphatic heterocycles. The Balaban J connectivity index is 0.970. The van der Waals surface area contributed by atoms with Gasteiger partial charge in [-0.3, -0.25) is 0 Å². The Morgan fingerprint density at radius 3 is 1.69 bits per heavy atom. The normalized spacial score (nSPS) is 52.1. The zero-order valence-corrected chi connectivity index (χ0v) is 55.8.